The molecule has 1 fully saturated rings. The minimum atomic E-state index is -0.176. The lowest BCUT2D eigenvalue weighted by atomic mass is 9.89. The summed E-state index contributed by atoms with van der Waals surface area (Å²) in [5.41, 5.74) is 2.63. The summed E-state index contributed by atoms with van der Waals surface area (Å²) in [6, 6.07) is 18.9. The second kappa shape index (κ2) is 9.02. The van der Waals surface area contributed by atoms with Crippen LogP contribution in [0.15, 0.2) is 54.6 Å². The van der Waals surface area contributed by atoms with Gasteiger partial charge in [-0.15, -0.1) is 0 Å². The van der Waals surface area contributed by atoms with E-state index in [1.54, 1.807) is 0 Å². The van der Waals surface area contributed by atoms with Crippen LogP contribution in [0.1, 0.15) is 24.0 Å². The number of aliphatic hydroxyl groups is 1. The number of aliphatic hydroxyl groups excluding tert-OH is 1. The molecule has 0 aromatic heterocycles. The van der Waals surface area contributed by atoms with Crippen molar-refractivity contribution in [3.05, 3.63) is 65.7 Å². The highest BCUT2D eigenvalue weighted by Crippen LogP contribution is 2.22. The smallest absolute Gasteiger partial charge is 0.119 e. The summed E-state index contributed by atoms with van der Waals surface area (Å²) >= 11 is 0. The van der Waals surface area contributed by atoms with Crippen LogP contribution in [-0.4, -0.2) is 42.9 Å². The number of piperidine rings is 1. The predicted octanol–water partition coefficient (Wildman–Crippen LogP) is 3.55. The van der Waals surface area contributed by atoms with E-state index >= 15 is 0 Å². The van der Waals surface area contributed by atoms with Crippen molar-refractivity contribution >= 4 is 0 Å². The Labute approximate surface area is 151 Å². The third kappa shape index (κ3) is 5.58. The molecule has 0 saturated carbocycles. The molecule has 0 bridgehead atoms. The molecule has 3 rings (SSSR count). The molecule has 25 heavy (non-hydrogen) atoms. The lowest BCUT2D eigenvalue weighted by Crippen LogP contribution is -2.41. The first kappa shape index (κ1) is 18.0. The van der Waals surface area contributed by atoms with Crippen LogP contribution in [0.3, 0.4) is 0 Å². The Morgan fingerprint density at radius 1 is 1.04 bits per heavy atom. The number of aryl methyl sites for hydroxylation is 1. The van der Waals surface area contributed by atoms with Gasteiger partial charge in [-0.05, 0) is 56.0 Å². The first-order valence-electron chi connectivity index (χ1n) is 9.33. The van der Waals surface area contributed by atoms with E-state index in [0.717, 1.165) is 51.1 Å². The summed E-state index contributed by atoms with van der Waals surface area (Å²) in [6.07, 6.45) is 3.70. The number of hydrogen-bond donors (Lipinski definition) is 1. The van der Waals surface area contributed by atoms with Gasteiger partial charge >= 0.3 is 0 Å². The summed E-state index contributed by atoms with van der Waals surface area (Å²) in [6.45, 7) is 2.70. The van der Waals surface area contributed by atoms with E-state index in [1.165, 1.54) is 11.1 Å². The van der Waals surface area contributed by atoms with Gasteiger partial charge < -0.3 is 14.7 Å². The number of benzene rings is 2. The van der Waals surface area contributed by atoms with Crippen molar-refractivity contribution in [3.63, 3.8) is 0 Å². The molecule has 2 atom stereocenters. The van der Waals surface area contributed by atoms with Gasteiger partial charge in [0.25, 0.3) is 0 Å². The maximum atomic E-state index is 10.2. The fourth-order valence-corrected chi connectivity index (χ4v) is 3.54. The van der Waals surface area contributed by atoms with Gasteiger partial charge in [-0.2, -0.15) is 0 Å². The van der Waals surface area contributed by atoms with Crippen molar-refractivity contribution in [2.24, 2.45) is 5.92 Å². The van der Waals surface area contributed by atoms with Gasteiger partial charge in [0.2, 0.25) is 0 Å². The molecular formula is C22H29NO2. The minimum absolute atomic E-state index is 0.176. The van der Waals surface area contributed by atoms with Crippen LogP contribution in [-0.2, 0) is 12.8 Å². The van der Waals surface area contributed by atoms with Crippen molar-refractivity contribution in [1.29, 1.82) is 0 Å². The zero-order chi connectivity index (χ0) is 17.5. The highest BCUT2D eigenvalue weighted by Gasteiger charge is 2.25. The Morgan fingerprint density at radius 2 is 1.80 bits per heavy atom. The molecule has 0 aliphatic carbocycles. The number of likely N-dealkylation sites (tertiary alicyclic amines) is 1. The van der Waals surface area contributed by atoms with Gasteiger partial charge in [-0.25, -0.2) is 0 Å². The summed E-state index contributed by atoms with van der Waals surface area (Å²) in [5.74, 6) is 1.26. The SMILES string of the molecule is CN1CCC(O)C(Cc2ccc(OCCCc3ccccc3)cc2)C1. The molecular weight excluding hydrogens is 310 g/mol. The van der Waals surface area contributed by atoms with Crippen molar-refractivity contribution in [2.45, 2.75) is 31.8 Å². The third-order valence-electron chi connectivity index (χ3n) is 5.04. The molecule has 1 saturated heterocycles. The van der Waals surface area contributed by atoms with E-state index in [4.69, 9.17) is 4.74 Å². The fourth-order valence-electron chi connectivity index (χ4n) is 3.54. The zero-order valence-electron chi connectivity index (χ0n) is 15.1. The quantitative estimate of drug-likeness (QED) is 0.783. The Hall–Kier alpha value is -1.84. The van der Waals surface area contributed by atoms with Gasteiger partial charge in [0.15, 0.2) is 0 Å². The summed E-state index contributed by atoms with van der Waals surface area (Å²) in [5, 5.41) is 10.2. The van der Waals surface area contributed by atoms with Gasteiger partial charge in [0.1, 0.15) is 5.75 Å². The van der Waals surface area contributed by atoms with Crippen LogP contribution in [0.4, 0.5) is 0 Å². The highest BCUT2D eigenvalue weighted by molar-refractivity contribution is 5.27. The van der Waals surface area contributed by atoms with Gasteiger partial charge in [-0.1, -0.05) is 42.5 Å². The van der Waals surface area contributed by atoms with E-state index in [9.17, 15) is 5.11 Å². The average molecular weight is 339 g/mol. The molecule has 0 radical (unpaired) electrons. The van der Waals surface area contributed by atoms with Gasteiger partial charge in [0, 0.05) is 19.0 Å². The molecule has 1 N–H and O–H groups in total. The number of ether oxygens (including phenoxy) is 1. The second-order valence-electron chi connectivity index (χ2n) is 7.16. The molecule has 0 spiro atoms. The van der Waals surface area contributed by atoms with Gasteiger partial charge in [-0.3, -0.25) is 0 Å². The van der Waals surface area contributed by atoms with Crippen LogP contribution >= 0.6 is 0 Å². The monoisotopic (exact) mass is 339 g/mol. The molecule has 134 valence electrons. The van der Waals surface area contributed by atoms with E-state index in [1.807, 2.05) is 6.07 Å². The lowest BCUT2D eigenvalue weighted by Gasteiger charge is -2.34. The summed E-state index contributed by atoms with van der Waals surface area (Å²) in [4.78, 5) is 2.31. The standard InChI is InChI=1S/C22H29NO2/c1-23-14-13-22(24)20(17-23)16-19-9-11-21(12-10-19)25-15-5-8-18-6-3-2-4-7-18/h2-4,6-7,9-12,20,22,24H,5,8,13-17H2,1H3. The van der Waals surface area contributed by atoms with E-state index in [2.05, 4.69) is 60.5 Å². The average Bonchev–Trinajstić information content (AvgIpc) is 2.64. The largest absolute Gasteiger partial charge is 0.494 e. The van der Waals surface area contributed by atoms with Crippen LogP contribution in [0.5, 0.6) is 5.75 Å². The lowest BCUT2D eigenvalue weighted by molar-refractivity contribution is 0.0366. The summed E-state index contributed by atoms with van der Waals surface area (Å²) < 4.78 is 5.85. The first-order chi connectivity index (χ1) is 12.2. The first-order valence-corrected chi connectivity index (χ1v) is 9.33. The van der Waals surface area contributed by atoms with Crippen LogP contribution < -0.4 is 4.74 Å². The molecule has 0 amide bonds. The highest BCUT2D eigenvalue weighted by atomic mass is 16.5. The third-order valence-corrected chi connectivity index (χ3v) is 5.04. The van der Waals surface area contributed by atoms with Crippen molar-refractivity contribution in [1.82, 2.24) is 4.90 Å². The predicted molar refractivity (Wildman–Crippen MR) is 102 cm³/mol. The second-order valence-corrected chi connectivity index (χ2v) is 7.16. The Bertz CT molecular complexity index is 626. The van der Waals surface area contributed by atoms with Crippen molar-refractivity contribution in [2.75, 3.05) is 26.7 Å². The van der Waals surface area contributed by atoms with Crippen LogP contribution in [0.2, 0.25) is 0 Å². The topological polar surface area (TPSA) is 32.7 Å². The normalized spacial score (nSPS) is 21.2. The van der Waals surface area contributed by atoms with E-state index < -0.39 is 0 Å². The Morgan fingerprint density at radius 3 is 2.56 bits per heavy atom. The van der Waals surface area contributed by atoms with Gasteiger partial charge in [0.05, 0.1) is 12.7 Å². The number of rotatable bonds is 7. The molecule has 1 aliphatic heterocycles. The molecule has 3 nitrogen and oxygen atoms in total. The summed E-state index contributed by atoms with van der Waals surface area (Å²) in [7, 11) is 2.13. The molecule has 3 heteroatoms. The molecule has 2 aromatic carbocycles. The zero-order valence-corrected chi connectivity index (χ0v) is 15.1. The Balaban J connectivity index is 1.42. The molecule has 2 unspecified atom stereocenters. The van der Waals surface area contributed by atoms with E-state index in [-0.39, 0.29) is 6.10 Å². The molecule has 1 heterocycles. The number of hydrogen-bond acceptors (Lipinski definition) is 3. The fraction of sp³-hybridized carbons (Fsp3) is 0.455. The number of nitrogens with zero attached hydrogens (tertiary/aromatic N) is 1. The Kier molecular flexibility index (Phi) is 6.48. The maximum absolute atomic E-state index is 10.2. The molecule has 2 aromatic rings. The van der Waals surface area contributed by atoms with Crippen molar-refractivity contribution < 1.29 is 9.84 Å². The maximum Gasteiger partial charge on any atom is 0.119 e. The van der Waals surface area contributed by atoms with Crippen molar-refractivity contribution in [3.8, 4) is 5.75 Å². The molecule has 1 aliphatic rings. The van der Waals surface area contributed by atoms with E-state index in [0.29, 0.717) is 5.92 Å². The van der Waals surface area contributed by atoms with Crippen LogP contribution in [0.25, 0.3) is 0 Å². The van der Waals surface area contributed by atoms with Crippen LogP contribution in [0, 0.1) is 5.92 Å². The minimum Gasteiger partial charge on any atom is -0.494 e.